The Morgan fingerprint density at radius 3 is 2.78 bits per heavy atom. The molecule has 0 spiro atoms. The van der Waals surface area contributed by atoms with Crippen LogP contribution >= 0.6 is 11.3 Å². The Bertz CT molecular complexity index is 1010. The lowest BCUT2D eigenvalue weighted by Gasteiger charge is -2.09. The molecule has 0 aliphatic heterocycles. The van der Waals surface area contributed by atoms with Gasteiger partial charge in [-0.05, 0) is 41.3 Å². The Kier molecular flexibility index (Phi) is 3.41. The van der Waals surface area contributed by atoms with Crippen molar-refractivity contribution < 1.29 is 0 Å². The maximum Gasteiger partial charge on any atom is 0.151 e. The summed E-state index contributed by atoms with van der Waals surface area (Å²) in [4.78, 5) is 5.95. The summed E-state index contributed by atoms with van der Waals surface area (Å²) in [7, 11) is 0. The first-order valence-electron chi connectivity index (χ1n) is 7.33. The third-order valence-electron chi connectivity index (χ3n) is 3.79. The van der Waals surface area contributed by atoms with E-state index in [-0.39, 0.29) is 0 Å². The number of fused-ring (bicyclic) bond motifs is 1. The van der Waals surface area contributed by atoms with E-state index in [1.54, 1.807) is 11.3 Å². The first-order valence-corrected chi connectivity index (χ1v) is 8.21. The highest BCUT2D eigenvalue weighted by molar-refractivity contribution is 7.13. The average molecular weight is 315 g/mol. The maximum absolute atomic E-state index is 9.10. The van der Waals surface area contributed by atoms with Crippen molar-refractivity contribution >= 4 is 22.4 Å². The van der Waals surface area contributed by atoms with Crippen molar-refractivity contribution in [3.8, 4) is 16.8 Å². The molecule has 4 heteroatoms. The minimum Gasteiger partial charge on any atom is -0.319 e. The molecule has 0 saturated carbocycles. The van der Waals surface area contributed by atoms with Crippen LogP contribution in [-0.2, 0) is 6.54 Å². The molecule has 23 heavy (non-hydrogen) atoms. The van der Waals surface area contributed by atoms with Crippen molar-refractivity contribution in [3.63, 3.8) is 0 Å². The summed E-state index contributed by atoms with van der Waals surface area (Å²) in [5.74, 6) is 0.976. The molecule has 4 rings (SSSR count). The third-order valence-corrected chi connectivity index (χ3v) is 4.66. The average Bonchev–Trinajstić information content (AvgIpc) is 3.23. The van der Waals surface area contributed by atoms with Gasteiger partial charge < -0.3 is 4.57 Å². The van der Waals surface area contributed by atoms with E-state index in [0.717, 1.165) is 27.3 Å². The quantitative estimate of drug-likeness (QED) is 0.550. The van der Waals surface area contributed by atoms with Crippen molar-refractivity contribution in [2.24, 2.45) is 0 Å². The molecule has 110 valence electrons. The number of benzene rings is 2. The van der Waals surface area contributed by atoms with Gasteiger partial charge in [0, 0.05) is 6.54 Å². The molecule has 4 aromatic rings. The van der Waals surface area contributed by atoms with Crippen LogP contribution in [0.4, 0.5) is 0 Å². The fourth-order valence-electron chi connectivity index (χ4n) is 2.75. The number of nitriles is 1. The van der Waals surface area contributed by atoms with Gasteiger partial charge in [-0.15, -0.1) is 11.3 Å². The second-order valence-electron chi connectivity index (χ2n) is 5.30. The summed E-state index contributed by atoms with van der Waals surface area (Å²) in [6, 6.07) is 22.2. The van der Waals surface area contributed by atoms with E-state index in [1.807, 2.05) is 48.5 Å². The van der Waals surface area contributed by atoms with Crippen molar-refractivity contribution in [1.82, 2.24) is 9.55 Å². The van der Waals surface area contributed by atoms with Gasteiger partial charge in [0.15, 0.2) is 5.82 Å². The maximum atomic E-state index is 9.10. The van der Waals surface area contributed by atoms with Gasteiger partial charge in [0.05, 0.1) is 27.5 Å². The van der Waals surface area contributed by atoms with Crippen LogP contribution in [0.25, 0.3) is 21.7 Å². The molecule has 0 N–H and O–H groups in total. The summed E-state index contributed by atoms with van der Waals surface area (Å²) < 4.78 is 2.22. The van der Waals surface area contributed by atoms with E-state index in [9.17, 15) is 0 Å². The fourth-order valence-corrected chi connectivity index (χ4v) is 3.47. The van der Waals surface area contributed by atoms with Crippen molar-refractivity contribution in [1.29, 1.82) is 5.26 Å². The minimum atomic E-state index is 0.685. The summed E-state index contributed by atoms with van der Waals surface area (Å²) in [6.45, 7) is 0.698. The molecule has 0 atom stereocenters. The van der Waals surface area contributed by atoms with E-state index in [1.165, 1.54) is 0 Å². The molecule has 2 aromatic carbocycles. The Labute approximate surface area is 138 Å². The Morgan fingerprint density at radius 2 is 1.96 bits per heavy atom. The zero-order chi connectivity index (χ0) is 15.6. The lowest BCUT2D eigenvalue weighted by Crippen LogP contribution is -2.01. The lowest BCUT2D eigenvalue weighted by molar-refractivity contribution is 0.836. The first kappa shape index (κ1) is 13.7. The van der Waals surface area contributed by atoms with Crippen LogP contribution in [0.1, 0.15) is 11.1 Å². The highest BCUT2D eigenvalue weighted by Gasteiger charge is 2.13. The molecule has 0 aliphatic rings. The zero-order valence-electron chi connectivity index (χ0n) is 12.3. The number of nitrogens with zero attached hydrogens (tertiary/aromatic N) is 3. The van der Waals surface area contributed by atoms with Gasteiger partial charge in [-0.1, -0.05) is 30.3 Å². The Hall–Kier alpha value is -2.90. The monoisotopic (exact) mass is 315 g/mol. The Morgan fingerprint density at radius 1 is 1.04 bits per heavy atom. The van der Waals surface area contributed by atoms with Crippen LogP contribution in [0.15, 0.2) is 66.0 Å². The molecule has 2 aromatic heterocycles. The molecular formula is C19H13N3S. The van der Waals surface area contributed by atoms with Crippen LogP contribution in [0, 0.1) is 11.3 Å². The van der Waals surface area contributed by atoms with Crippen LogP contribution in [0.3, 0.4) is 0 Å². The van der Waals surface area contributed by atoms with Crippen LogP contribution in [0.5, 0.6) is 0 Å². The summed E-state index contributed by atoms with van der Waals surface area (Å²) >= 11 is 1.69. The molecule has 0 unspecified atom stereocenters. The van der Waals surface area contributed by atoms with E-state index < -0.39 is 0 Å². The SMILES string of the molecule is N#Cc1cccc(Cn2c(-c3cccs3)nc3ccccc32)c1. The second-order valence-corrected chi connectivity index (χ2v) is 6.25. The molecule has 0 saturated heterocycles. The highest BCUT2D eigenvalue weighted by atomic mass is 32.1. The lowest BCUT2D eigenvalue weighted by atomic mass is 10.1. The minimum absolute atomic E-state index is 0.685. The van der Waals surface area contributed by atoms with Crippen LogP contribution < -0.4 is 0 Å². The van der Waals surface area contributed by atoms with Gasteiger partial charge in [-0.3, -0.25) is 0 Å². The van der Waals surface area contributed by atoms with Gasteiger partial charge >= 0.3 is 0 Å². The number of para-hydroxylation sites is 2. The fraction of sp³-hybridized carbons (Fsp3) is 0.0526. The van der Waals surface area contributed by atoms with E-state index in [0.29, 0.717) is 12.1 Å². The largest absolute Gasteiger partial charge is 0.319 e. The first-order chi connectivity index (χ1) is 11.3. The Balaban J connectivity index is 1.87. The predicted octanol–water partition coefficient (Wildman–Crippen LogP) is 4.68. The van der Waals surface area contributed by atoms with Gasteiger partial charge in [0.1, 0.15) is 0 Å². The molecular weight excluding hydrogens is 302 g/mol. The van der Waals surface area contributed by atoms with Crippen LogP contribution in [-0.4, -0.2) is 9.55 Å². The number of aromatic nitrogens is 2. The number of hydrogen-bond acceptors (Lipinski definition) is 3. The summed E-state index contributed by atoms with van der Waals surface area (Å²) in [5.41, 5.74) is 3.89. The van der Waals surface area contributed by atoms with Gasteiger partial charge in [-0.2, -0.15) is 5.26 Å². The summed E-state index contributed by atoms with van der Waals surface area (Å²) in [6.07, 6.45) is 0. The molecule has 2 heterocycles. The molecule has 0 amide bonds. The van der Waals surface area contributed by atoms with E-state index in [4.69, 9.17) is 10.2 Å². The molecule has 0 radical (unpaired) electrons. The predicted molar refractivity (Wildman–Crippen MR) is 93.3 cm³/mol. The number of imidazole rings is 1. The molecule has 0 aliphatic carbocycles. The van der Waals surface area contributed by atoms with Gasteiger partial charge in [0.2, 0.25) is 0 Å². The van der Waals surface area contributed by atoms with E-state index >= 15 is 0 Å². The second kappa shape index (κ2) is 5.71. The van der Waals surface area contributed by atoms with Crippen LogP contribution in [0.2, 0.25) is 0 Å². The molecule has 3 nitrogen and oxygen atoms in total. The zero-order valence-corrected chi connectivity index (χ0v) is 13.1. The topological polar surface area (TPSA) is 41.6 Å². The standard InChI is InChI=1S/C19H13N3S/c20-12-14-5-3-6-15(11-14)13-22-17-8-2-1-7-16(17)21-19(22)18-9-4-10-23-18/h1-11H,13H2. The smallest absolute Gasteiger partial charge is 0.151 e. The van der Waals surface area contributed by atoms with Crippen molar-refractivity contribution in [2.45, 2.75) is 6.54 Å². The normalized spacial score (nSPS) is 10.7. The molecule has 0 bridgehead atoms. The van der Waals surface area contributed by atoms with Crippen molar-refractivity contribution in [2.75, 3.05) is 0 Å². The third kappa shape index (κ3) is 2.52. The van der Waals surface area contributed by atoms with Gasteiger partial charge in [-0.25, -0.2) is 4.98 Å². The van der Waals surface area contributed by atoms with E-state index in [2.05, 4.69) is 28.1 Å². The number of hydrogen-bond donors (Lipinski definition) is 0. The number of rotatable bonds is 3. The number of thiophene rings is 1. The van der Waals surface area contributed by atoms with Gasteiger partial charge in [0.25, 0.3) is 0 Å². The highest BCUT2D eigenvalue weighted by Crippen LogP contribution is 2.29. The summed E-state index contributed by atoms with van der Waals surface area (Å²) in [5, 5.41) is 11.2. The van der Waals surface area contributed by atoms with Crippen molar-refractivity contribution in [3.05, 3.63) is 77.2 Å². The molecule has 0 fully saturated rings.